The lowest BCUT2D eigenvalue weighted by Crippen LogP contribution is -2.30. The minimum Gasteiger partial charge on any atom is -0.398 e. The smallest absolute Gasteiger partial charge is 0.267 e. The predicted molar refractivity (Wildman–Crippen MR) is 70.2 cm³/mol. The van der Waals surface area contributed by atoms with Crippen molar-refractivity contribution in [2.24, 2.45) is 5.84 Å². The topological polar surface area (TPSA) is 81.1 Å². The number of carbonyl (C=O) groups excluding carboxylic acids is 1. The summed E-state index contributed by atoms with van der Waals surface area (Å²) in [4.78, 5) is 11.0. The van der Waals surface area contributed by atoms with Crippen LogP contribution < -0.4 is 17.0 Å². The standard InChI is InChI=1S/C7H8ClN3O.2C2H6/c8-4-1-2-5(6(9)3-4)7(12)11-10;2*1-2/h1-3H,9-10H2,(H,11,12);2*1-2H3. The minimum atomic E-state index is -0.427. The molecule has 16 heavy (non-hydrogen) atoms. The lowest BCUT2D eigenvalue weighted by Gasteiger charge is -2.03. The van der Waals surface area contributed by atoms with Crippen LogP contribution in [-0.2, 0) is 0 Å². The molecule has 0 aliphatic carbocycles. The average Bonchev–Trinajstić information content (AvgIpc) is 2.33. The highest BCUT2D eigenvalue weighted by Gasteiger charge is 2.07. The summed E-state index contributed by atoms with van der Waals surface area (Å²) in [5.74, 6) is 4.50. The molecular formula is C11H20ClN3O. The maximum Gasteiger partial charge on any atom is 0.267 e. The minimum absolute atomic E-state index is 0.311. The first kappa shape index (κ1) is 17.1. The molecule has 0 atom stereocenters. The van der Waals surface area contributed by atoms with Crippen molar-refractivity contribution in [3.63, 3.8) is 0 Å². The second kappa shape index (κ2) is 10.3. The second-order valence-corrected chi connectivity index (χ2v) is 2.64. The molecule has 0 spiro atoms. The second-order valence-electron chi connectivity index (χ2n) is 2.21. The van der Waals surface area contributed by atoms with E-state index in [2.05, 4.69) is 0 Å². The quantitative estimate of drug-likeness (QED) is 0.308. The Kier molecular flexibility index (Phi) is 11.0. The molecule has 1 amide bonds. The van der Waals surface area contributed by atoms with E-state index in [0.29, 0.717) is 16.3 Å². The Labute approximate surface area is 102 Å². The van der Waals surface area contributed by atoms with Crippen molar-refractivity contribution >= 4 is 23.2 Å². The number of carbonyl (C=O) groups is 1. The van der Waals surface area contributed by atoms with E-state index in [1.807, 2.05) is 33.1 Å². The van der Waals surface area contributed by atoms with Crippen molar-refractivity contribution in [2.75, 3.05) is 5.73 Å². The van der Waals surface area contributed by atoms with Gasteiger partial charge in [-0.15, -0.1) is 0 Å². The third kappa shape index (κ3) is 5.58. The van der Waals surface area contributed by atoms with Crippen molar-refractivity contribution in [3.05, 3.63) is 28.8 Å². The average molecular weight is 246 g/mol. The third-order valence-corrected chi connectivity index (χ3v) is 1.62. The van der Waals surface area contributed by atoms with Crippen LogP contribution in [-0.4, -0.2) is 5.91 Å². The maximum atomic E-state index is 11.0. The molecule has 0 aromatic heterocycles. The van der Waals surface area contributed by atoms with Gasteiger partial charge in [0.2, 0.25) is 0 Å². The van der Waals surface area contributed by atoms with Crippen LogP contribution in [0.2, 0.25) is 5.02 Å². The van der Waals surface area contributed by atoms with Gasteiger partial charge >= 0.3 is 0 Å². The zero-order chi connectivity index (χ0) is 13.1. The molecule has 92 valence electrons. The molecule has 1 rings (SSSR count). The number of rotatable bonds is 1. The molecule has 0 aliphatic rings. The highest BCUT2D eigenvalue weighted by Crippen LogP contribution is 2.17. The van der Waals surface area contributed by atoms with Gasteiger partial charge in [-0.3, -0.25) is 10.2 Å². The van der Waals surface area contributed by atoms with Gasteiger partial charge in [-0.05, 0) is 18.2 Å². The summed E-state index contributed by atoms with van der Waals surface area (Å²) in [6.07, 6.45) is 0. The Bertz CT molecular complexity index is 316. The first-order valence-corrected chi connectivity index (χ1v) is 5.59. The highest BCUT2D eigenvalue weighted by atomic mass is 35.5. The van der Waals surface area contributed by atoms with Gasteiger partial charge in [0.1, 0.15) is 0 Å². The summed E-state index contributed by atoms with van der Waals surface area (Å²) >= 11 is 5.62. The first-order chi connectivity index (χ1) is 7.65. The van der Waals surface area contributed by atoms with E-state index in [-0.39, 0.29) is 0 Å². The fraction of sp³-hybridized carbons (Fsp3) is 0.364. The Morgan fingerprint density at radius 1 is 1.25 bits per heavy atom. The van der Waals surface area contributed by atoms with E-state index in [4.69, 9.17) is 23.2 Å². The van der Waals surface area contributed by atoms with Crippen LogP contribution in [0, 0.1) is 0 Å². The zero-order valence-electron chi connectivity index (χ0n) is 10.2. The number of hydrazine groups is 1. The molecule has 4 nitrogen and oxygen atoms in total. The number of nitrogens with one attached hydrogen (secondary N) is 1. The Morgan fingerprint density at radius 2 is 1.75 bits per heavy atom. The van der Waals surface area contributed by atoms with Gasteiger partial charge in [0, 0.05) is 10.7 Å². The van der Waals surface area contributed by atoms with Gasteiger partial charge in [-0.25, -0.2) is 5.84 Å². The number of halogens is 1. The van der Waals surface area contributed by atoms with Crippen LogP contribution in [0.1, 0.15) is 38.1 Å². The predicted octanol–water partition coefficient (Wildman–Crippen LogP) is 2.58. The number of hydrogen-bond acceptors (Lipinski definition) is 3. The fourth-order valence-electron chi connectivity index (χ4n) is 0.818. The Morgan fingerprint density at radius 3 is 2.12 bits per heavy atom. The van der Waals surface area contributed by atoms with Gasteiger partial charge in [0.15, 0.2) is 0 Å². The van der Waals surface area contributed by atoms with E-state index < -0.39 is 5.91 Å². The van der Waals surface area contributed by atoms with Crippen molar-refractivity contribution in [1.29, 1.82) is 0 Å². The van der Waals surface area contributed by atoms with Crippen molar-refractivity contribution in [3.8, 4) is 0 Å². The van der Waals surface area contributed by atoms with Gasteiger partial charge in [-0.1, -0.05) is 39.3 Å². The molecule has 0 saturated heterocycles. The normalized spacial score (nSPS) is 7.88. The lowest BCUT2D eigenvalue weighted by molar-refractivity contribution is 0.0954. The van der Waals surface area contributed by atoms with Gasteiger partial charge < -0.3 is 5.73 Å². The number of benzene rings is 1. The molecule has 0 aliphatic heterocycles. The summed E-state index contributed by atoms with van der Waals surface area (Å²) < 4.78 is 0. The summed E-state index contributed by atoms with van der Waals surface area (Å²) in [5, 5.41) is 0.487. The van der Waals surface area contributed by atoms with E-state index in [1.165, 1.54) is 12.1 Å². The molecule has 0 radical (unpaired) electrons. The number of amides is 1. The summed E-state index contributed by atoms with van der Waals surface area (Å²) in [7, 11) is 0. The molecule has 5 N–H and O–H groups in total. The number of anilines is 1. The Hall–Kier alpha value is -1.26. The fourth-order valence-corrected chi connectivity index (χ4v) is 0.999. The number of hydrogen-bond donors (Lipinski definition) is 3. The first-order valence-electron chi connectivity index (χ1n) is 5.21. The van der Waals surface area contributed by atoms with Crippen LogP contribution in [0.25, 0.3) is 0 Å². The number of nitrogens with two attached hydrogens (primary N) is 2. The SMILES string of the molecule is CC.CC.NNC(=O)c1ccc(Cl)cc1N. The van der Waals surface area contributed by atoms with E-state index >= 15 is 0 Å². The zero-order valence-corrected chi connectivity index (χ0v) is 10.9. The summed E-state index contributed by atoms with van der Waals surface area (Å²) in [5.41, 5.74) is 8.11. The van der Waals surface area contributed by atoms with Crippen LogP contribution in [0.15, 0.2) is 18.2 Å². The summed E-state index contributed by atoms with van der Waals surface area (Å²) in [6.45, 7) is 8.00. The van der Waals surface area contributed by atoms with Crippen LogP contribution in [0.3, 0.4) is 0 Å². The Balaban J connectivity index is 0. The summed E-state index contributed by atoms with van der Waals surface area (Å²) in [6, 6.07) is 4.58. The number of nitrogen functional groups attached to an aromatic ring is 2. The van der Waals surface area contributed by atoms with E-state index in [0.717, 1.165) is 0 Å². The molecular weight excluding hydrogens is 226 g/mol. The van der Waals surface area contributed by atoms with Crippen LogP contribution in [0.4, 0.5) is 5.69 Å². The molecule has 0 bridgehead atoms. The van der Waals surface area contributed by atoms with Crippen molar-refractivity contribution in [1.82, 2.24) is 5.43 Å². The van der Waals surface area contributed by atoms with Crippen molar-refractivity contribution in [2.45, 2.75) is 27.7 Å². The van der Waals surface area contributed by atoms with Crippen LogP contribution >= 0.6 is 11.6 Å². The highest BCUT2D eigenvalue weighted by molar-refractivity contribution is 6.31. The van der Waals surface area contributed by atoms with E-state index in [1.54, 1.807) is 6.07 Å². The van der Waals surface area contributed by atoms with Crippen LogP contribution in [0.5, 0.6) is 0 Å². The molecule has 0 fully saturated rings. The largest absolute Gasteiger partial charge is 0.398 e. The van der Waals surface area contributed by atoms with Gasteiger partial charge in [0.25, 0.3) is 5.91 Å². The third-order valence-electron chi connectivity index (χ3n) is 1.39. The molecule has 1 aromatic rings. The monoisotopic (exact) mass is 245 g/mol. The van der Waals surface area contributed by atoms with E-state index in [9.17, 15) is 4.79 Å². The van der Waals surface area contributed by atoms with Gasteiger partial charge in [0.05, 0.1) is 5.56 Å². The van der Waals surface area contributed by atoms with Crippen molar-refractivity contribution < 1.29 is 4.79 Å². The molecule has 0 unspecified atom stereocenters. The lowest BCUT2D eigenvalue weighted by atomic mass is 10.2. The molecule has 5 heteroatoms. The molecule has 0 heterocycles. The molecule has 1 aromatic carbocycles. The van der Waals surface area contributed by atoms with Gasteiger partial charge in [-0.2, -0.15) is 0 Å². The maximum absolute atomic E-state index is 11.0. The molecule has 0 saturated carbocycles.